The summed E-state index contributed by atoms with van der Waals surface area (Å²) in [6.45, 7) is 2.57. The van der Waals surface area contributed by atoms with Crippen LogP contribution in [0.1, 0.15) is 34.7 Å². The van der Waals surface area contributed by atoms with Crippen molar-refractivity contribution in [3.63, 3.8) is 0 Å². The van der Waals surface area contributed by atoms with Gasteiger partial charge in [-0.2, -0.15) is 5.10 Å². The Hall–Kier alpha value is -3.48. The number of hydrogen-bond donors (Lipinski definition) is 1. The van der Waals surface area contributed by atoms with Crippen LogP contribution >= 0.6 is 0 Å². The summed E-state index contributed by atoms with van der Waals surface area (Å²) in [5.41, 5.74) is 2.45. The Balaban J connectivity index is 1.45. The van der Waals surface area contributed by atoms with Crippen molar-refractivity contribution in [2.75, 3.05) is 0 Å². The fraction of sp³-hybridized carbons (Fsp3) is 0.158. The Kier molecular flexibility index (Phi) is 4.18. The number of hydrogen-bond acceptors (Lipinski definition) is 4. The third kappa shape index (κ3) is 3.19. The molecule has 1 atom stereocenters. The lowest BCUT2D eigenvalue weighted by molar-refractivity contribution is 0.0938. The molecule has 7 heteroatoms. The second-order valence-electron chi connectivity index (χ2n) is 6.08. The molecule has 0 radical (unpaired) electrons. The molecule has 1 amide bonds. The lowest BCUT2D eigenvalue weighted by atomic mass is 10.1. The Bertz CT molecular complexity index is 1020. The molecule has 1 unspecified atom stereocenters. The zero-order valence-electron chi connectivity index (χ0n) is 14.3. The number of nitrogens with zero attached hydrogens (tertiary/aromatic N) is 5. The molecular weight excluding hydrogens is 328 g/mol. The van der Waals surface area contributed by atoms with Gasteiger partial charge in [0.1, 0.15) is 0 Å². The molecule has 0 aliphatic heterocycles. The zero-order chi connectivity index (χ0) is 17.9. The molecule has 0 bridgehead atoms. The van der Waals surface area contributed by atoms with Crippen LogP contribution in [0.4, 0.5) is 0 Å². The minimum Gasteiger partial charge on any atom is -0.342 e. The third-order valence-electron chi connectivity index (χ3n) is 4.19. The monoisotopic (exact) mass is 346 g/mol. The largest absolute Gasteiger partial charge is 0.342 e. The number of carbonyl (C=O) groups is 1. The molecule has 3 aromatic heterocycles. The summed E-state index contributed by atoms with van der Waals surface area (Å²) in [6, 6.07) is 14.8. The van der Waals surface area contributed by atoms with Gasteiger partial charge in [0, 0.05) is 24.2 Å². The standard InChI is InChI=1S/C19H18N6O/c1-14(18-23-22-17-5-2-3-12-25(17)18)21-19(26)16-8-6-15(7-9-16)13-24-11-4-10-20-24/h2-12,14H,13H2,1H3,(H,21,26). The van der Waals surface area contributed by atoms with E-state index in [1.807, 2.05) is 76.9 Å². The second kappa shape index (κ2) is 6.79. The van der Waals surface area contributed by atoms with E-state index in [0.717, 1.165) is 11.2 Å². The van der Waals surface area contributed by atoms with E-state index in [0.29, 0.717) is 17.9 Å². The van der Waals surface area contributed by atoms with E-state index in [-0.39, 0.29) is 11.9 Å². The Morgan fingerprint density at radius 2 is 1.92 bits per heavy atom. The maximum absolute atomic E-state index is 12.5. The van der Waals surface area contributed by atoms with E-state index in [1.165, 1.54) is 0 Å². The van der Waals surface area contributed by atoms with Crippen LogP contribution in [0.3, 0.4) is 0 Å². The van der Waals surface area contributed by atoms with Crippen LogP contribution in [0.25, 0.3) is 5.65 Å². The maximum Gasteiger partial charge on any atom is 0.251 e. The smallest absolute Gasteiger partial charge is 0.251 e. The first-order chi connectivity index (χ1) is 12.7. The van der Waals surface area contributed by atoms with Gasteiger partial charge in [-0.25, -0.2) is 0 Å². The predicted molar refractivity (Wildman–Crippen MR) is 96.6 cm³/mol. The first-order valence-corrected chi connectivity index (χ1v) is 8.37. The lowest BCUT2D eigenvalue weighted by Crippen LogP contribution is -2.28. The molecule has 0 spiro atoms. The van der Waals surface area contributed by atoms with E-state index in [4.69, 9.17) is 0 Å². The first kappa shape index (κ1) is 16.0. The third-order valence-corrected chi connectivity index (χ3v) is 4.19. The molecule has 0 aliphatic rings. The van der Waals surface area contributed by atoms with Crippen molar-refractivity contribution in [2.24, 2.45) is 0 Å². The number of benzene rings is 1. The molecule has 0 saturated heterocycles. The molecule has 130 valence electrons. The molecule has 4 rings (SSSR count). The van der Waals surface area contributed by atoms with Crippen molar-refractivity contribution < 1.29 is 4.79 Å². The fourth-order valence-corrected chi connectivity index (χ4v) is 2.84. The zero-order valence-corrected chi connectivity index (χ0v) is 14.3. The van der Waals surface area contributed by atoms with Crippen molar-refractivity contribution >= 4 is 11.6 Å². The molecule has 7 nitrogen and oxygen atoms in total. The van der Waals surface area contributed by atoms with Gasteiger partial charge in [0.25, 0.3) is 5.91 Å². The topological polar surface area (TPSA) is 77.1 Å². The van der Waals surface area contributed by atoms with Gasteiger partial charge >= 0.3 is 0 Å². The molecule has 1 aromatic carbocycles. The van der Waals surface area contributed by atoms with Gasteiger partial charge in [-0.15, -0.1) is 10.2 Å². The maximum atomic E-state index is 12.5. The van der Waals surface area contributed by atoms with E-state index in [9.17, 15) is 4.79 Å². The van der Waals surface area contributed by atoms with E-state index in [2.05, 4.69) is 20.6 Å². The van der Waals surface area contributed by atoms with Gasteiger partial charge in [-0.05, 0) is 42.8 Å². The molecule has 26 heavy (non-hydrogen) atoms. The van der Waals surface area contributed by atoms with Gasteiger partial charge in [0.05, 0.1) is 12.6 Å². The average molecular weight is 346 g/mol. The van der Waals surface area contributed by atoms with Crippen LogP contribution in [0.5, 0.6) is 0 Å². The Morgan fingerprint density at radius 1 is 1.08 bits per heavy atom. The highest BCUT2D eigenvalue weighted by Crippen LogP contribution is 2.13. The van der Waals surface area contributed by atoms with Crippen LogP contribution in [0.15, 0.2) is 67.1 Å². The molecule has 3 heterocycles. The molecule has 0 fully saturated rings. The van der Waals surface area contributed by atoms with Crippen molar-refractivity contribution in [3.05, 3.63) is 84.1 Å². The van der Waals surface area contributed by atoms with Crippen LogP contribution in [0.2, 0.25) is 0 Å². The van der Waals surface area contributed by atoms with E-state index in [1.54, 1.807) is 6.20 Å². The van der Waals surface area contributed by atoms with Crippen molar-refractivity contribution in [1.82, 2.24) is 29.7 Å². The lowest BCUT2D eigenvalue weighted by Gasteiger charge is -2.12. The Morgan fingerprint density at radius 3 is 2.69 bits per heavy atom. The number of rotatable bonds is 5. The van der Waals surface area contributed by atoms with Crippen LogP contribution < -0.4 is 5.32 Å². The number of nitrogens with one attached hydrogen (secondary N) is 1. The summed E-state index contributed by atoms with van der Waals surface area (Å²) < 4.78 is 3.71. The molecule has 4 aromatic rings. The number of aromatic nitrogens is 5. The minimum absolute atomic E-state index is 0.143. The van der Waals surface area contributed by atoms with Crippen LogP contribution in [-0.2, 0) is 6.54 Å². The average Bonchev–Trinajstić information content (AvgIpc) is 3.31. The summed E-state index contributed by atoms with van der Waals surface area (Å²) in [5.74, 6) is 0.556. The van der Waals surface area contributed by atoms with Gasteiger partial charge in [-0.3, -0.25) is 13.9 Å². The van der Waals surface area contributed by atoms with Crippen LogP contribution in [0, 0.1) is 0 Å². The normalized spacial score (nSPS) is 12.2. The molecule has 1 N–H and O–H groups in total. The van der Waals surface area contributed by atoms with Gasteiger partial charge < -0.3 is 5.32 Å². The van der Waals surface area contributed by atoms with E-state index >= 15 is 0 Å². The van der Waals surface area contributed by atoms with Crippen LogP contribution in [-0.4, -0.2) is 30.3 Å². The van der Waals surface area contributed by atoms with Gasteiger partial charge in [-0.1, -0.05) is 18.2 Å². The Labute approximate surface area is 150 Å². The summed E-state index contributed by atoms with van der Waals surface area (Å²) in [4.78, 5) is 12.5. The van der Waals surface area contributed by atoms with Crippen molar-refractivity contribution in [2.45, 2.75) is 19.5 Å². The first-order valence-electron chi connectivity index (χ1n) is 8.37. The number of fused-ring (bicyclic) bond motifs is 1. The highest BCUT2D eigenvalue weighted by Gasteiger charge is 2.16. The number of amides is 1. The van der Waals surface area contributed by atoms with Gasteiger partial charge in [0.15, 0.2) is 11.5 Å². The highest BCUT2D eigenvalue weighted by molar-refractivity contribution is 5.94. The summed E-state index contributed by atoms with van der Waals surface area (Å²) in [5, 5.41) is 15.5. The highest BCUT2D eigenvalue weighted by atomic mass is 16.1. The SMILES string of the molecule is CC(NC(=O)c1ccc(Cn2cccn2)cc1)c1nnc2ccccn12. The summed E-state index contributed by atoms with van der Waals surface area (Å²) in [7, 11) is 0. The van der Waals surface area contributed by atoms with Crippen molar-refractivity contribution in [3.8, 4) is 0 Å². The molecular formula is C19H18N6O. The molecule has 0 aliphatic carbocycles. The summed E-state index contributed by atoms with van der Waals surface area (Å²) >= 11 is 0. The summed E-state index contributed by atoms with van der Waals surface area (Å²) in [6.07, 6.45) is 5.54. The molecule has 0 saturated carbocycles. The minimum atomic E-state index is -0.261. The number of carbonyl (C=O) groups excluding carboxylic acids is 1. The number of pyridine rings is 1. The quantitative estimate of drug-likeness (QED) is 0.602. The second-order valence-corrected chi connectivity index (χ2v) is 6.08. The van der Waals surface area contributed by atoms with Gasteiger partial charge in [0.2, 0.25) is 0 Å². The van der Waals surface area contributed by atoms with Crippen molar-refractivity contribution in [1.29, 1.82) is 0 Å². The van der Waals surface area contributed by atoms with E-state index < -0.39 is 0 Å². The predicted octanol–water partition coefficient (Wildman–Crippen LogP) is 2.47. The fourth-order valence-electron chi connectivity index (χ4n) is 2.84.